The zero-order chi connectivity index (χ0) is 22.4. The van der Waals surface area contributed by atoms with Gasteiger partial charge in [-0.2, -0.15) is 0 Å². The fourth-order valence-corrected chi connectivity index (χ4v) is 3.92. The van der Waals surface area contributed by atoms with E-state index in [-0.39, 0.29) is 35.4 Å². The van der Waals surface area contributed by atoms with Gasteiger partial charge in [0.2, 0.25) is 5.91 Å². The molecule has 1 aliphatic rings. The third kappa shape index (κ3) is 7.27. The van der Waals surface area contributed by atoms with Gasteiger partial charge < -0.3 is 14.8 Å². The van der Waals surface area contributed by atoms with Crippen LogP contribution in [-0.4, -0.2) is 37.4 Å². The van der Waals surface area contributed by atoms with Crippen LogP contribution in [0.3, 0.4) is 0 Å². The molecule has 3 rings (SSSR count). The predicted octanol–water partition coefficient (Wildman–Crippen LogP) is 4.73. The number of nitrogens with zero attached hydrogens (tertiary/aromatic N) is 1. The number of benzene rings is 2. The highest BCUT2D eigenvalue weighted by atomic mass is 127. The number of ether oxygens (including phenoxy) is 2. The van der Waals surface area contributed by atoms with Crippen LogP contribution in [0.15, 0.2) is 42.5 Å². The number of piperidine rings is 1. The van der Waals surface area contributed by atoms with Crippen LogP contribution in [-0.2, 0) is 17.9 Å². The van der Waals surface area contributed by atoms with Crippen LogP contribution in [0, 0.1) is 9.49 Å². The second kappa shape index (κ2) is 10.5. The molecule has 2 aromatic rings. The highest BCUT2D eigenvalue weighted by Crippen LogP contribution is 2.30. The molecule has 0 spiro atoms. The predicted molar refractivity (Wildman–Crippen MR) is 119 cm³/mol. The molecule has 9 heteroatoms. The number of alkyl halides is 3. The van der Waals surface area contributed by atoms with Crippen molar-refractivity contribution in [3.63, 3.8) is 0 Å². The average molecular weight is 548 g/mol. The van der Waals surface area contributed by atoms with Crippen molar-refractivity contribution in [3.8, 4) is 11.5 Å². The lowest BCUT2D eigenvalue weighted by molar-refractivity contribution is -0.274. The smallest absolute Gasteiger partial charge is 0.497 e. The van der Waals surface area contributed by atoms with Crippen LogP contribution in [0.1, 0.15) is 24.0 Å². The molecule has 0 bridgehead atoms. The summed E-state index contributed by atoms with van der Waals surface area (Å²) >= 11 is 2.27. The molecule has 0 saturated carbocycles. The number of methoxy groups -OCH3 is 1. The van der Waals surface area contributed by atoms with Gasteiger partial charge in [0.25, 0.3) is 0 Å². The maximum Gasteiger partial charge on any atom is 0.573 e. The number of hydrogen-bond acceptors (Lipinski definition) is 4. The van der Waals surface area contributed by atoms with Gasteiger partial charge in [0.05, 0.1) is 7.11 Å². The highest BCUT2D eigenvalue weighted by Gasteiger charge is 2.32. The summed E-state index contributed by atoms with van der Waals surface area (Å²) in [6.07, 6.45) is -3.40. The van der Waals surface area contributed by atoms with Gasteiger partial charge in [-0.15, -0.1) is 13.2 Å². The number of carbonyl (C=O) groups is 1. The summed E-state index contributed by atoms with van der Waals surface area (Å²) in [7, 11) is 1.36. The van der Waals surface area contributed by atoms with Crippen LogP contribution in [0.4, 0.5) is 13.2 Å². The summed E-state index contributed by atoms with van der Waals surface area (Å²) in [6, 6.07) is 12.5. The summed E-state index contributed by atoms with van der Waals surface area (Å²) in [5, 5.41) is 2.76. The van der Waals surface area contributed by atoms with Crippen LogP contribution >= 0.6 is 22.6 Å². The molecule has 1 heterocycles. The van der Waals surface area contributed by atoms with Gasteiger partial charge in [-0.25, -0.2) is 0 Å². The molecule has 168 valence electrons. The molecule has 5 nitrogen and oxygen atoms in total. The van der Waals surface area contributed by atoms with Crippen molar-refractivity contribution in [2.75, 3.05) is 20.2 Å². The Kier molecular flexibility index (Phi) is 8.04. The van der Waals surface area contributed by atoms with Gasteiger partial charge in [-0.1, -0.05) is 12.1 Å². The summed E-state index contributed by atoms with van der Waals surface area (Å²) in [6.45, 7) is 2.40. The molecule has 1 amide bonds. The molecule has 0 aromatic heterocycles. The number of nitrogens with one attached hydrogen (secondary N) is 1. The summed E-state index contributed by atoms with van der Waals surface area (Å²) in [5.74, 6) is -0.435. The standard InChI is InChI=1S/C22H24F3IN2O3/c1-30-19-7-4-17(20(12-19)31-22(23,24)25)13-27-21(29)16-8-10-28(11-9-16)14-15-2-5-18(26)6-3-15/h2-7,12,16H,8-11,13-14H2,1H3,(H,27,29). The highest BCUT2D eigenvalue weighted by molar-refractivity contribution is 14.1. The van der Waals surface area contributed by atoms with Crippen molar-refractivity contribution >= 4 is 28.5 Å². The Balaban J connectivity index is 1.52. The Morgan fingerprint density at radius 1 is 1.16 bits per heavy atom. The second-order valence-electron chi connectivity index (χ2n) is 7.42. The van der Waals surface area contributed by atoms with Crippen molar-refractivity contribution in [2.45, 2.75) is 32.3 Å². The maximum absolute atomic E-state index is 12.7. The number of carbonyl (C=O) groups excluding carboxylic acids is 1. The van der Waals surface area contributed by atoms with Gasteiger partial charge in [0.15, 0.2) is 0 Å². The molecular formula is C22H24F3IN2O3. The van der Waals surface area contributed by atoms with E-state index in [1.165, 1.54) is 28.4 Å². The Labute approximate surface area is 193 Å². The minimum Gasteiger partial charge on any atom is -0.497 e. The third-order valence-electron chi connectivity index (χ3n) is 5.23. The lowest BCUT2D eigenvalue weighted by Crippen LogP contribution is -2.40. The van der Waals surface area contributed by atoms with Crippen LogP contribution in [0.5, 0.6) is 11.5 Å². The molecule has 1 aliphatic heterocycles. The van der Waals surface area contributed by atoms with Crippen LogP contribution in [0.25, 0.3) is 0 Å². The van der Waals surface area contributed by atoms with Gasteiger partial charge in [-0.05, 0) is 78.4 Å². The average Bonchev–Trinajstić information content (AvgIpc) is 2.73. The number of amides is 1. The Hall–Kier alpha value is -2.01. The van der Waals surface area contributed by atoms with Crippen molar-refractivity contribution in [3.05, 3.63) is 57.2 Å². The van der Waals surface area contributed by atoms with E-state index in [9.17, 15) is 18.0 Å². The largest absolute Gasteiger partial charge is 0.573 e. The Morgan fingerprint density at radius 3 is 2.45 bits per heavy atom. The fraction of sp³-hybridized carbons (Fsp3) is 0.409. The molecule has 0 radical (unpaired) electrons. The van der Waals surface area contributed by atoms with E-state index in [2.05, 4.69) is 61.8 Å². The molecule has 31 heavy (non-hydrogen) atoms. The molecule has 0 unspecified atom stereocenters. The monoisotopic (exact) mass is 548 g/mol. The number of likely N-dealkylation sites (tertiary alicyclic amines) is 1. The molecule has 1 N–H and O–H groups in total. The van der Waals surface area contributed by atoms with E-state index in [1.54, 1.807) is 0 Å². The first-order valence-corrected chi connectivity index (χ1v) is 11.0. The molecule has 1 fully saturated rings. The minimum absolute atomic E-state index is 0.0445. The zero-order valence-corrected chi connectivity index (χ0v) is 19.2. The van der Waals surface area contributed by atoms with Crippen molar-refractivity contribution < 1.29 is 27.4 Å². The van der Waals surface area contributed by atoms with Crippen LogP contribution in [0.2, 0.25) is 0 Å². The summed E-state index contributed by atoms with van der Waals surface area (Å²) in [4.78, 5) is 14.9. The number of halogens is 4. The van der Waals surface area contributed by atoms with E-state index in [4.69, 9.17) is 4.74 Å². The zero-order valence-electron chi connectivity index (χ0n) is 17.0. The molecular weight excluding hydrogens is 524 g/mol. The quantitative estimate of drug-likeness (QED) is 0.509. The van der Waals surface area contributed by atoms with E-state index in [0.29, 0.717) is 12.8 Å². The van der Waals surface area contributed by atoms with E-state index >= 15 is 0 Å². The number of rotatable bonds is 7. The van der Waals surface area contributed by atoms with Gasteiger partial charge in [0, 0.05) is 34.2 Å². The first-order chi connectivity index (χ1) is 14.7. The molecule has 1 saturated heterocycles. The summed E-state index contributed by atoms with van der Waals surface area (Å²) in [5.41, 5.74) is 1.47. The first-order valence-electron chi connectivity index (χ1n) is 9.90. The van der Waals surface area contributed by atoms with Gasteiger partial charge in [0.1, 0.15) is 11.5 Å². The van der Waals surface area contributed by atoms with Gasteiger partial charge in [-0.3, -0.25) is 9.69 Å². The van der Waals surface area contributed by atoms with Gasteiger partial charge >= 0.3 is 6.36 Å². The lowest BCUT2D eigenvalue weighted by Gasteiger charge is -2.31. The normalized spacial score (nSPS) is 15.5. The minimum atomic E-state index is -4.82. The molecule has 0 aliphatic carbocycles. The Morgan fingerprint density at radius 2 is 1.84 bits per heavy atom. The van der Waals surface area contributed by atoms with E-state index in [1.807, 2.05) is 0 Å². The fourth-order valence-electron chi connectivity index (χ4n) is 3.56. The van der Waals surface area contributed by atoms with Crippen molar-refractivity contribution in [1.82, 2.24) is 10.2 Å². The van der Waals surface area contributed by atoms with Crippen molar-refractivity contribution in [2.24, 2.45) is 5.92 Å². The topological polar surface area (TPSA) is 50.8 Å². The SMILES string of the molecule is COc1ccc(CNC(=O)C2CCN(Cc3ccc(I)cc3)CC2)c(OC(F)(F)F)c1. The van der Waals surface area contributed by atoms with Crippen LogP contribution < -0.4 is 14.8 Å². The first kappa shape index (κ1) is 23.6. The van der Waals surface area contributed by atoms with E-state index < -0.39 is 6.36 Å². The molecule has 0 atom stereocenters. The lowest BCUT2D eigenvalue weighted by atomic mass is 9.95. The Bertz CT molecular complexity index is 883. The summed E-state index contributed by atoms with van der Waals surface area (Å²) < 4.78 is 48.4. The number of hydrogen-bond donors (Lipinski definition) is 1. The maximum atomic E-state index is 12.7. The molecule has 2 aromatic carbocycles. The third-order valence-corrected chi connectivity index (χ3v) is 5.95. The second-order valence-corrected chi connectivity index (χ2v) is 8.66. The van der Waals surface area contributed by atoms with Crippen molar-refractivity contribution in [1.29, 1.82) is 0 Å². The van der Waals surface area contributed by atoms with E-state index in [0.717, 1.165) is 25.7 Å².